The maximum Gasteiger partial charge on any atom is 0.421 e. The third kappa shape index (κ3) is 2.54. The van der Waals surface area contributed by atoms with Crippen LogP contribution in [-0.4, -0.2) is 31.0 Å². The Morgan fingerprint density at radius 2 is 2.25 bits per heavy atom. The normalized spacial score (nSPS) is 13.2. The average Bonchev–Trinajstić information content (AvgIpc) is 2.43. The first-order valence-corrected chi connectivity index (χ1v) is 5.93. The fourth-order valence-electron chi connectivity index (χ4n) is 1.77. The minimum atomic E-state index is -0.819. The Kier molecular flexibility index (Phi) is 3.84. The van der Waals surface area contributed by atoms with E-state index in [1.807, 2.05) is 0 Å². The van der Waals surface area contributed by atoms with Gasteiger partial charge in [-0.25, -0.2) is 9.69 Å². The molecule has 0 atom stereocenters. The number of carbonyl (C=O) groups excluding carboxylic acids is 3. The first-order valence-electron chi connectivity index (χ1n) is 5.93. The Bertz CT molecular complexity index is 593. The lowest BCUT2D eigenvalue weighted by Gasteiger charge is -2.27. The summed E-state index contributed by atoms with van der Waals surface area (Å²) >= 11 is 0. The first-order chi connectivity index (χ1) is 9.54. The third-order valence-electron chi connectivity index (χ3n) is 2.71. The van der Waals surface area contributed by atoms with Gasteiger partial charge in [-0.05, 0) is 25.1 Å². The van der Waals surface area contributed by atoms with Crippen LogP contribution in [0.2, 0.25) is 0 Å². The van der Waals surface area contributed by atoms with Crippen LogP contribution in [0.1, 0.15) is 17.3 Å². The highest BCUT2D eigenvalue weighted by Crippen LogP contribution is 2.33. The van der Waals surface area contributed by atoms with Gasteiger partial charge in [0.25, 0.3) is 5.91 Å². The molecule has 104 valence electrons. The minimum absolute atomic E-state index is 0.00873. The summed E-state index contributed by atoms with van der Waals surface area (Å²) in [7, 11) is 0. The second-order valence-electron chi connectivity index (χ2n) is 4.12. The Balaban J connectivity index is 2.41. The topological polar surface area (TPSA) is 72.9 Å². The lowest BCUT2D eigenvalue weighted by molar-refractivity contribution is -0.120. The zero-order valence-corrected chi connectivity index (χ0v) is 10.9. The molecule has 6 nitrogen and oxygen atoms in total. The van der Waals surface area contributed by atoms with E-state index in [-0.39, 0.29) is 24.7 Å². The standard InChI is InChI=1S/C14H13NO5/c1-3-6-19-14(18)15-11-7-10(9(2)16)4-5-12(11)20-8-13(15)17/h3-5,7H,1,6,8H2,2H3. The number of carbonyl (C=O) groups is 3. The van der Waals surface area contributed by atoms with Crippen molar-refractivity contribution in [3.63, 3.8) is 0 Å². The largest absolute Gasteiger partial charge is 0.482 e. The number of fused-ring (bicyclic) bond motifs is 1. The number of amides is 2. The van der Waals surface area contributed by atoms with E-state index in [0.29, 0.717) is 11.3 Å². The molecule has 1 heterocycles. The van der Waals surface area contributed by atoms with Crippen LogP contribution in [0.15, 0.2) is 30.9 Å². The highest BCUT2D eigenvalue weighted by molar-refractivity contribution is 6.15. The summed E-state index contributed by atoms with van der Waals surface area (Å²) in [4.78, 5) is 36.0. The predicted octanol–water partition coefficient (Wildman–Crippen LogP) is 1.94. The molecule has 0 radical (unpaired) electrons. The molecular formula is C14H13NO5. The van der Waals surface area contributed by atoms with E-state index in [1.54, 1.807) is 12.1 Å². The van der Waals surface area contributed by atoms with Gasteiger partial charge in [-0.3, -0.25) is 9.59 Å². The number of nitrogens with zero attached hydrogens (tertiary/aromatic N) is 1. The van der Waals surface area contributed by atoms with Gasteiger partial charge < -0.3 is 9.47 Å². The van der Waals surface area contributed by atoms with Gasteiger partial charge in [0.15, 0.2) is 12.4 Å². The molecule has 0 bridgehead atoms. The van der Waals surface area contributed by atoms with Crippen molar-refractivity contribution in [2.24, 2.45) is 0 Å². The molecular weight excluding hydrogens is 262 g/mol. The molecule has 0 fully saturated rings. The monoisotopic (exact) mass is 275 g/mol. The molecule has 1 aromatic rings. The van der Waals surface area contributed by atoms with E-state index in [1.165, 1.54) is 19.1 Å². The van der Waals surface area contributed by atoms with Crippen LogP contribution in [0.5, 0.6) is 5.75 Å². The van der Waals surface area contributed by atoms with E-state index in [0.717, 1.165) is 4.90 Å². The highest BCUT2D eigenvalue weighted by Gasteiger charge is 2.32. The van der Waals surface area contributed by atoms with Crippen LogP contribution in [0.25, 0.3) is 0 Å². The summed E-state index contributed by atoms with van der Waals surface area (Å²) in [5.41, 5.74) is 0.589. The van der Waals surface area contributed by atoms with Crippen LogP contribution in [0, 0.1) is 0 Å². The zero-order chi connectivity index (χ0) is 14.7. The summed E-state index contributed by atoms with van der Waals surface area (Å²) in [6.07, 6.45) is 0.579. The molecule has 1 aromatic carbocycles. The number of anilines is 1. The van der Waals surface area contributed by atoms with Crippen molar-refractivity contribution in [2.75, 3.05) is 18.1 Å². The minimum Gasteiger partial charge on any atom is -0.482 e. The molecule has 6 heteroatoms. The number of ether oxygens (including phenoxy) is 2. The molecule has 0 spiro atoms. The number of hydrogen-bond acceptors (Lipinski definition) is 5. The molecule has 2 rings (SSSR count). The molecule has 0 saturated carbocycles. The van der Waals surface area contributed by atoms with Crippen molar-refractivity contribution >= 4 is 23.5 Å². The number of Topliss-reactive ketones (excluding diaryl/α,β-unsaturated/α-hetero) is 1. The van der Waals surface area contributed by atoms with Crippen molar-refractivity contribution in [3.8, 4) is 5.75 Å². The van der Waals surface area contributed by atoms with E-state index in [4.69, 9.17) is 9.47 Å². The van der Waals surface area contributed by atoms with Crippen molar-refractivity contribution in [3.05, 3.63) is 36.4 Å². The molecule has 0 aliphatic carbocycles. The van der Waals surface area contributed by atoms with Crippen LogP contribution >= 0.6 is 0 Å². The van der Waals surface area contributed by atoms with E-state index in [2.05, 4.69) is 6.58 Å². The molecule has 0 N–H and O–H groups in total. The third-order valence-corrected chi connectivity index (χ3v) is 2.71. The van der Waals surface area contributed by atoms with E-state index < -0.39 is 12.0 Å². The quantitative estimate of drug-likeness (QED) is 0.622. The lowest BCUT2D eigenvalue weighted by Crippen LogP contribution is -2.43. The summed E-state index contributed by atoms with van der Waals surface area (Å²) < 4.78 is 10.1. The zero-order valence-electron chi connectivity index (χ0n) is 10.9. The molecule has 1 aliphatic rings. The van der Waals surface area contributed by atoms with Gasteiger partial charge in [0.2, 0.25) is 0 Å². The van der Waals surface area contributed by atoms with Crippen LogP contribution < -0.4 is 9.64 Å². The maximum atomic E-state index is 11.9. The predicted molar refractivity (Wildman–Crippen MR) is 71.0 cm³/mol. The van der Waals surface area contributed by atoms with Gasteiger partial charge in [-0.1, -0.05) is 12.7 Å². The van der Waals surface area contributed by atoms with Crippen molar-refractivity contribution in [2.45, 2.75) is 6.92 Å². The Morgan fingerprint density at radius 3 is 2.90 bits per heavy atom. The second-order valence-corrected chi connectivity index (χ2v) is 4.12. The Morgan fingerprint density at radius 1 is 1.50 bits per heavy atom. The van der Waals surface area contributed by atoms with Gasteiger partial charge in [-0.15, -0.1) is 0 Å². The van der Waals surface area contributed by atoms with Crippen molar-refractivity contribution < 1.29 is 23.9 Å². The molecule has 1 aliphatic heterocycles. The number of hydrogen-bond donors (Lipinski definition) is 0. The van der Waals surface area contributed by atoms with Gasteiger partial charge >= 0.3 is 6.09 Å². The molecule has 0 aromatic heterocycles. The molecule has 0 saturated heterocycles. The van der Waals surface area contributed by atoms with E-state index >= 15 is 0 Å². The maximum absolute atomic E-state index is 11.9. The number of imide groups is 1. The van der Waals surface area contributed by atoms with Crippen LogP contribution in [0.3, 0.4) is 0 Å². The van der Waals surface area contributed by atoms with Gasteiger partial charge in [-0.2, -0.15) is 0 Å². The first kappa shape index (κ1) is 13.8. The average molecular weight is 275 g/mol. The highest BCUT2D eigenvalue weighted by atomic mass is 16.6. The smallest absolute Gasteiger partial charge is 0.421 e. The summed E-state index contributed by atoms with van der Waals surface area (Å²) in [5, 5.41) is 0. The Labute approximate surface area is 115 Å². The van der Waals surface area contributed by atoms with Crippen molar-refractivity contribution in [1.82, 2.24) is 0 Å². The SMILES string of the molecule is C=CCOC(=O)N1C(=O)COc2ccc(C(C)=O)cc21. The molecule has 2 amide bonds. The van der Waals surface area contributed by atoms with Gasteiger partial charge in [0.1, 0.15) is 12.4 Å². The lowest BCUT2D eigenvalue weighted by atomic mass is 10.1. The van der Waals surface area contributed by atoms with Crippen LogP contribution in [0.4, 0.5) is 10.5 Å². The van der Waals surface area contributed by atoms with Gasteiger partial charge in [0, 0.05) is 5.56 Å². The van der Waals surface area contributed by atoms with E-state index in [9.17, 15) is 14.4 Å². The Hall–Kier alpha value is -2.63. The summed E-state index contributed by atoms with van der Waals surface area (Å²) in [6, 6.07) is 4.56. The molecule has 0 unspecified atom stereocenters. The van der Waals surface area contributed by atoms with Gasteiger partial charge in [0.05, 0.1) is 5.69 Å². The number of rotatable bonds is 3. The summed E-state index contributed by atoms with van der Waals surface area (Å²) in [5.74, 6) is -0.373. The van der Waals surface area contributed by atoms with Crippen LogP contribution in [-0.2, 0) is 9.53 Å². The fourth-order valence-corrected chi connectivity index (χ4v) is 1.77. The molecule has 20 heavy (non-hydrogen) atoms. The fraction of sp³-hybridized carbons (Fsp3) is 0.214. The number of ketones is 1. The summed E-state index contributed by atoms with van der Waals surface area (Å²) in [6.45, 7) is 4.56. The van der Waals surface area contributed by atoms with Crippen molar-refractivity contribution in [1.29, 1.82) is 0 Å². The number of benzene rings is 1. The second kappa shape index (κ2) is 5.56.